The Hall–Kier alpha value is -1.10. The van der Waals surface area contributed by atoms with E-state index in [9.17, 15) is 0 Å². The van der Waals surface area contributed by atoms with Crippen LogP contribution in [0.25, 0.3) is 0 Å². The van der Waals surface area contributed by atoms with Crippen molar-refractivity contribution in [1.29, 1.82) is 0 Å². The van der Waals surface area contributed by atoms with Crippen molar-refractivity contribution in [3.05, 3.63) is 5.89 Å². The third-order valence-corrected chi connectivity index (χ3v) is 3.82. The number of hydrogen-bond donors (Lipinski definition) is 1. The zero-order valence-corrected chi connectivity index (χ0v) is 12.4. The molecular weight excluding hydrogens is 240 g/mol. The second-order valence-electron chi connectivity index (χ2n) is 5.63. The zero-order valence-electron chi connectivity index (χ0n) is 12.4. The molecule has 1 aliphatic rings. The van der Waals surface area contributed by atoms with Crippen molar-refractivity contribution in [2.45, 2.75) is 57.4 Å². The summed E-state index contributed by atoms with van der Waals surface area (Å²) < 4.78 is 5.49. The lowest BCUT2D eigenvalue weighted by Gasteiger charge is -2.23. The molecule has 1 aliphatic carbocycles. The minimum atomic E-state index is 0.371. The van der Waals surface area contributed by atoms with E-state index in [1.807, 2.05) is 19.0 Å². The maximum absolute atomic E-state index is 5.49. The molecule has 0 spiro atoms. The maximum atomic E-state index is 5.49. The van der Waals surface area contributed by atoms with E-state index in [4.69, 9.17) is 4.52 Å². The standard InChI is InChI=1S/C14H26N4O/c1-4-10-15-12-9-7-5-6-8-11(12)13-16-14(17-19-13)18(2)3/h11-12,15H,4-10H2,1-3H3. The number of rotatable bonds is 5. The van der Waals surface area contributed by atoms with Crippen LogP contribution in [0, 0.1) is 0 Å². The Labute approximate surface area is 115 Å². The van der Waals surface area contributed by atoms with Crippen LogP contribution < -0.4 is 10.2 Å². The monoisotopic (exact) mass is 266 g/mol. The molecule has 5 nitrogen and oxygen atoms in total. The van der Waals surface area contributed by atoms with Gasteiger partial charge >= 0.3 is 0 Å². The SMILES string of the molecule is CCCNC1CCCCCC1c1nc(N(C)C)no1. The van der Waals surface area contributed by atoms with Gasteiger partial charge in [0.05, 0.1) is 5.92 Å². The molecule has 1 saturated carbocycles. The van der Waals surface area contributed by atoms with Gasteiger partial charge in [-0.05, 0) is 31.0 Å². The molecule has 1 aromatic heterocycles. The molecule has 108 valence electrons. The summed E-state index contributed by atoms with van der Waals surface area (Å²) >= 11 is 0. The van der Waals surface area contributed by atoms with Gasteiger partial charge in [0.1, 0.15) is 0 Å². The van der Waals surface area contributed by atoms with Gasteiger partial charge in [-0.25, -0.2) is 0 Å². The maximum Gasteiger partial charge on any atom is 0.265 e. The van der Waals surface area contributed by atoms with Crippen molar-refractivity contribution in [3.8, 4) is 0 Å². The van der Waals surface area contributed by atoms with Gasteiger partial charge in [0.15, 0.2) is 0 Å². The molecule has 2 rings (SSSR count). The molecule has 1 N–H and O–H groups in total. The van der Waals surface area contributed by atoms with Crippen molar-refractivity contribution in [3.63, 3.8) is 0 Å². The van der Waals surface area contributed by atoms with Crippen molar-refractivity contribution in [1.82, 2.24) is 15.5 Å². The predicted molar refractivity (Wildman–Crippen MR) is 76.5 cm³/mol. The van der Waals surface area contributed by atoms with Crippen molar-refractivity contribution in [2.24, 2.45) is 0 Å². The van der Waals surface area contributed by atoms with E-state index in [0.717, 1.165) is 25.3 Å². The summed E-state index contributed by atoms with van der Waals surface area (Å²) in [6.07, 6.45) is 7.40. The molecule has 0 aromatic carbocycles. The number of nitrogens with zero attached hydrogens (tertiary/aromatic N) is 3. The summed E-state index contributed by atoms with van der Waals surface area (Å²) in [7, 11) is 3.88. The van der Waals surface area contributed by atoms with Gasteiger partial charge in [0.2, 0.25) is 5.89 Å². The highest BCUT2D eigenvalue weighted by Gasteiger charge is 2.29. The average molecular weight is 266 g/mol. The van der Waals surface area contributed by atoms with Crippen LogP contribution >= 0.6 is 0 Å². The van der Waals surface area contributed by atoms with Crippen molar-refractivity contribution in [2.75, 3.05) is 25.5 Å². The van der Waals surface area contributed by atoms with Gasteiger partial charge in [-0.3, -0.25) is 0 Å². The minimum Gasteiger partial charge on any atom is -0.344 e. The second-order valence-corrected chi connectivity index (χ2v) is 5.63. The molecule has 0 radical (unpaired) electrons. The lowest BCUT2D eigenvalue weighted by atomic mass is 9.94. The molecule has 0 amide bonds. The average Bonchev–Trinajstić information content (AvgIpc) is 2.77. The van der Waals surface area contributed by atoms with Crippen LogP contribution in [0.5, 0.6) is 0 Å². The summed E-state index contributed by atoms with van der Waals surface area (Å²) in [5.41, 5.74) is 0. The molecule has 1 fully saturated rings. The van der Waals surface area contributed by atoms with E-state index >= 15 is 0 Å². The molecule has 1 aromatic rings. The van der Waals surface area contributed by atoms with E-state index in [-0.39, 0.29) is 0 Å². The molecule has 2 atom stereocenters. The number of anilines is 1. The first-order valence-corrected chi connectivity index (χ1v) is 7.46. The summed E-state index contributed by atoms with van der Waals surface area (Å²) in [6.45, 7) is 3.27. The molecule has 0 saturated heterocycles. The van der Waals surface area contributed by atoms with Crippen LogP contribution in [0.15, 0.2) is 4.52 Å². The Kier molecular flexibility index (Phi) is 5.19. The van der Waals surface area contributed by atoms with Crippen molar-refractivity contribution >= 4 is 5.95 Å². The van der Waals surface area contributed by atoms with Crippen molar-refractivity contribution < 1.29 is 4.52 Å². The van der Waals surface area contributed by atoms with Crippen LogP contribution in [-0.4, -0.2) is 36.8 Å². The first kappa shape index (κ1) is 14.3. The fraction of sp³-hybridized carbons (Fsp3) is 0.857. The minimum absolute atomic E-state index is 0.371. The van der Waals surface area contributed by atoms with Crippen LogP contribution in [0.3, 0.4) is 0 Å². The Bertz CT molecular complexity index is 377. The highest BCUT2D eigenvalue weighted by molar-refractivity contribution is 5.24. The normalized spacial score (nSPS) is 24.2. The highest BCUT2D eigenvalue weighted by atomic mass is 16.5. The first-order chi connectivity index (χ1) is 9.22. The number of hydrogen-bond acceptors (Lipinski definition) is 5. The van der Waals surface area contributed by atoms with Crippen LogP contribution in [0.4, 0.5) is 5.95 Å². The summed E-state index contributed by atoms with van der Waals surface area (Å²) in [5.74, 6) is 1.85. The molecule has 2 unspecified atom stereocenters. The summed E-state index contributed by atoms with van der Waals surface area (Å²) in [4.78, 5) is 6.43. The Morgan fingerprint density at radius 3 is 2.74 bits per heavy atom. The van der Waals surface area contributed by atoms with E-state index in [1.165, 1.54) is 25.7 Å². The molecule has 19 heavy (non-hydrogen) atoms. The predicted octanol–water partition coefficient (Wildman–Crippen LogP) is 2.55. The third-order valence-electron chi connectivity index (χ3n) is 3.82. The summed E-state index contributed by atoms with van der Waals surface area (Å²) in [5, 5.41) is 7.71. The van der Waals surface area contributed by atoms with Crippen LogP contribution in [-0.2, 0) is 0 Å². The largest absolute Gasteiger partial charge is 0.344 e. The van der Waals surface area contributed by atoms with Gasteiger partial charge in [0.25, 0.3) is 5.95 Å². The van der Waals surface area contributed by atoms with E-state index in [1.54, 1.807) is 0 Å². The number of aromatic nitrogens is 2. The molecule has 1 heterocycles. The Balaban J connectivity index is 2.11. The number of nitrogens with one attached hydrogen (secondary N) is 1. The Morgan fingerprint density at radius 1 is 1.26 bits per heavy atom. The summed E-state index contributed by atoms with van der Waals surface area (Å²) in [6, 6.07) is 0.484. The van der Waals surface area contributed by atoms with Gasteiger partial charge in [-0.1, -0.05) is 26.2 Å². The van der Waals surface area contributed by atoms with Gasteiger partial charge in [-0.2, -0.15) is 4.98 Å². The zero-order chi connectivity index (χ0) is 13.7. The molecular formula is C14H26N4O. The van der Waals surface area contributed by atoms with Gasteiger partial charge in [0, 0.05) is 20.1 Å². The molecule has 0 aliphatic heterocycles. The first-order valence-electron chi connectivity index (χ1n) is 7.46. The third kappa shape index (κ3) is 3.69. The smallest absolute Gasteiger partial charge is 0.265 e. The van der Waals surface area contributed by atoms with E-state index in [0.29, 0.717) is 17.9 Å². The Morgan fingerprint density at radius 2 is 2.05 bits per heavy atom. The van der Waals surface area contributed by atoms with E-state index in [2.05, 4.69) is 22.4 Å². The van der Waals surface area contributed by atoms with E-state index < -0.39 is 0 Å². The fourth-order valence-corrected chi connectivity index (χ4v) is 2.74. The molecule has 0 bridgehead atoms. The molecule has 5 heteroatoms. The van der Waals surface area contributed by atoms with Crippen LogP contribution in [0.1, 0.15) is 57.3 Å². The lowest BCUT2D eigenvalue weighted by molar-refractivity contribution is 0.304. The highest BCUT2D eigenvalue weighted by Crippen LogP contribution is 2.31. The topological polar surface area (TPSA) is 54.2 Å². The lowest BCUT2D eigenvalue weighted by Crippen LogP contribution is -2.35. The quantitative estimate of drug-likeness (QED) is 0.830. The fourth-order valence-electron chi connectivity index (χ4n) is 2.74. The second kappa shape index (κ2) is 6.89. The van der Waals surface area contributed by atoms with Gasteiger partial charge < -0.3 is 14.7 Å². The van der Waals surface area contributed by atoms with Gasteiger partial charge in [-0.15, -0.1) is 0 Å². The van der Waals surface area contributed by atoms with Crippen LogP contribution in [0.2, 0.25) is 0 Å².